The standard InChI is InChI=1S/C21H26N2O5/c1-23(16-9-5-4-6-10-16)14-8-13-22-19(24)15-28-21(25)20-17(26-2)11-7-12-18(20)27-3/h4-7,9-12H,8,13-15H2,1-3H3,(H,22,24). The lowest BCUT2D eigenvalue weighted by molar-refractivity contribution is -0.124. The minimum Gasteiger partial charge on any atom is -0.496 e. The number of para-hydroxylation sites is 1. The number of rotatable bonds is 10. The van der Waals surface area contributed by atoms with Gasteiger partial charge in [0.1, 0.15) is 17.1 Å². The van der Waals surface area contributed by atoms with Crippen LogP contribution in [0.1, 0.15) is 16.8 Å². The van der Waals surface area contributed by atoms with E-state index in [0.29, 0.717) is 18.0 Å². The Morgan fingerprint density at radius 2 is 1.61 bits per heavy atom. The highest BCUT2D eigenvalue weighted by atomic mass is 16.5. The van der Waals surface area contributed by atoms with Gasteiger partial charge < -0.3 is 24.4 Å². The summed E-state index contributed by atoms with van der Waals surface area (Å²) in [6.45, 7) is 0.919. The highest BCUT2D eigenvalue weighted by Gasteiger charge is 2.20. The van der Waals surface area contributed by atoms with Gasteiger partial charge in [0.2, 0.25) is 0 Å². The molecule has 150 valence electrons. The van der Waals surface area contributed by atoms with Gasteiger partial charge in [0.05, 0.1) is 14.2 Å². The van der Waals surface area contributed by atoms with Gasteiger partial charge in [-0.2, -0.15) is 0 Å². The number of carbonyl (C=O) groups is 2. The molecule has 0 bridgehead atoms. The molecule has 7 heteroatoms. The van der Waals surface area contributed by atoms with Crippen LogP contribution in [0, 0.1) is 0 Å². The Bertz CT molecular complexity index is 757. The van der Waals surface area contributed by atoms with Gasteiger partial charge in [0.15, 0.2) is 6.61 Å². The van der Waals surface area contributed by atoms with Crippen molar-refractivity contribution in [2.75, 3.05) is 45.9 Å². The molecule has 0 saturated carbocycles. The smallest absolute Gasteiger partial charge is 0.346 e. The second-order valence-electron chi connectivity index (χ2n) is 6.07. The summed E-state index contributed by atoms with van der Waals surface area (Å²) in [5.74, 6) is -0.375. The maximum absolute atomic E-state index is 12.3. The van der Waals surface area contributed by atoms with Crippen LogP contribution < -0.4 is 19.7 Å². The first-order valence-electron chi connectivity index (χ1n) is 8.97. The summed E-state index contributed by atoms with van der Waals surface area (Å²) < 4.78 is 15.4. The van der Waals surface area contributed by atoms with Crippen LogP contribution in [0.5, 0.6) is 11.5 Å². The van der Waals surface area contributed by atoms with Gasteiger partial charge in [-0.05, 0) is 30.7 Å². The number of amides is 1. The van der Waals surface area contributed by atoms with Crippen molar-refractivity contribution in [1.29, 1.82) is 0 Å². The summed E-state index contributed by atoms with van der Waals surface area (Å²) in [7, 11) is 4.90. The zero-order valence-corrected chi connectivity index (χ0v) is 16.4. The van der Waals surface area contributed by atoms with Crippen LogP contribution in [0.4, 0.5) is 5.69 Å². The second-order valence-corrected chi connectivity index (χ2v) is 6.07. The number of methoxy groups -OCH3 is 2. The number of esters is 1. The van der Waals surface area contributed by atoms with E-state index in [1.165, 1.54) is 14.2 Å². The Balaban J connectivity index is 1.75. The summed E-state index contributed by atoms with van der Waals surface area (Å²) in [5, 5.41) is 2.75. The highest BCUT2D eigenvalue weighted by molar-refractivity contribution is 5.96. The van der Waals surface area contributed by atoms with E-state index in [9.17, 15) is 9.59 Å². The molecule has 0 unspecified atom stereocenters. The summed E-state index contributed by atoms with van der Waals surface area (Å²) in [6, 6.07) is 15.0. The molecule has 1 N–H and O–H groups in total. The summed E-state index contributed by atoms with van der Waals surface area (Å²) in [4.78, 5) is 26.4. The van der Waals surface area contributed by atoms with E-state index >= 15 is 0 Å². The first-order valence-corrected chi connectivity index (χ1v) is 8.97. The molecule has 0 heterocycles. The monoisotopic (exact) mass is 386 g/mol. The van der Waals surface area contributed by atoms with Crippen LogP contribution in [0.15, 0.2) is 48.5 Å². The first kappa shape index (κ1) is 21.1. The molecule has 7 nitrogen and oxygen atoms in total. The molecule has 0 atom stereocenters. The molecular formula is C21H26N2O5. The van der Waals surface area contributed by atoms with Crippen molar-refractivity contribution in [3.05, 3.63) is 54.1 Å². The van der Waals surface area contributed by atoms with Crippen LogP contribution in [0.2, 0.25) is 0 Å². The van der Waals surface area contributed by atoms with E-state index in [0.717, 1.165) is 18.7 Å². The molecule has 0 aromatic heterocycles. The van der Waals surface area contributed by atoms with Crippen molar-refractivity contribution in [2.24, 2.45) is 0 Å². The molecule has 2 aromatic rings. The average Bonchev–Trinajstić information content (AvgIpc) is 2.74. The highest BCUT2D eigenvalue weighted by Crippen LogP contribution is 2.28. The molecule has 0 radical (unpaired) electrons. The number of hydrogen-bond acceptors (Lipinski definition) is 6. The zero-order chi connectivity index (χ0) is 20.4. The van der Waals surface area contributed by atoms with Crippen LogP contribution in [-0.4, -0.2) is 52.8 Å². The SMILES string of the molecule is COc1cccc(OC)c1C(=O)OCC(=O)NCCCN(C)c1ccccc1. The number of hydrogen-bond donors (Lipinski definition) is 1. The van der Waals surface area contributed by atoms with Gasteiger partial charge in [-0.3, -0.25) is 4.79 Å². The van der Waals surface area contributed by atoms with Gasteiger partial charge >= 0.3 is 5.97 Å². The van der Waals surface area contributed by atoms with Crippen molar-refractivity contribution in [1.82, 2.24) is 5.32 Å². The normalized spacial score (nSPS) is 10.1. The van der Waals surface area contributed by atoms with Crippen LogP contribution in [-0.2, 0) is 9.53 Å². The molecule has 0 saturated heterocycles. The molecule has 0 fully saturated rings. The maximum Gasteiger partial charge on any atom is 0.346 e. The number of ether oxygens (including phenoxy) is 3. The summed E-state index contributed by atoms with van der Waals surface area (Å²) >= 11 is 0. The molecule has 28 heavy (non-hydrogen) atoms. The Labute approximate surface area is 165 Å². The van der Waals surface area contributed by atoms with E-state index in [1.54, 1.807) is 18.2 Å². The third-order valence-corrected chi connectivity index (χ3v) is 4.16. The first-order chi connectivity index (χ1) is 13.6. The van der Waals surface area contributed by atoms with Crippen LogP contribution in [0.3, 0.4) is 0 Å². The van der Waals surface area contributed by atoms with Gasteiger partial charge in [0.25, 0.3) is 5.91 Å². The van der Waals surface area contributed by atoms with Crippen molar-refractivity contribution >= 4 is 17.6 Å². The van der Waals surface area contributed by atoms with Crippen LogP contribution in [0.25, 0.3) is 0 Å². The van der Waals surface area contributed by atoms with Crippen LogP contribution >= 0.6 is 0 Å². The lowest BCUT2D eigenvalue weighted by atomic mass is 10.2. The van der Waals surface area contributed by atoms with Gasteiger partial charge in [-0.1, -0.05) is 24.3 Å². The third kappa shape index (κ3) is 5.90. The molecule has 0 aliphatic heterocycles. The third-order valence-electron chi connectivity index (χ3n) is 4.16. The van der Waals surface area contributed by atoms with E-state index in [1.807, 2.05) is 37.4 Å². The topological polar surface area (TPSA) is 77.1 Å². The summed E-state index contributed by atoms with van der Waals surface area (Å²) in [6.07, 6.45) is 0.769. The van der Waals surface area contributed by atoms with Crippen molar-refractivity contribution < 1.29 is 23.8 Å². The van der Waals surface area contributed by atoms with E-state index < -0.39 is 5.97 Å². The average molecular weight is 386 g/mol. The largest absolute Gasteiger partial charge is 0.496 e. The minimum absolute atomic E-state index is 0.157. The Morgan fingerprint density at radius 3 is 2.21 bits per heavy atom. The Hall–Kier alpha value is -3.22. The van der Waals surface area contributed by atoms with E-state index in [4.69, 9.17) is 14.2 Å². The molecule has 1 amide bonds. The fourth-order valence-electron chi connectivity index (χ4n) is 2.66. The number of benzene rings is 2. The Morgan fingerprint density at radius 1 is 0.964 bits per heavy atom. The number of nitrogens with zero attached hydrogens (tertiary/aromatic N) is 1. The molecular weight excluding hydrogens is 360 g/mol. The zero-order valence-electron chi connectivity index (χ0n) is 16.4. The number of nitrogens with one attached hydrogen (secondary N) is 1. The number of carbonyl (C=O) groups excluding carboxylic acids is 2. The van der Waals surface area contributed by atoms with Crippen molar-refractivity contribution in [3.8, 4) is 11.5 Å². The quantitative estimate of drug-likeness (QED) is 0.499. The van der Waals surface area contributed by atoms with Gasteiger partial charge in [0, 0.05) is 25.8 Å². The lowest BCUT2D eigenvalue weighted by Gasteiger charge is -2.19. The van der Waals surface area contributed by atoms with Gasteiger partial charge in [-0.15, -0.1) is 0 Å². The molecule has 0 aliphatic carbocycles. The van der Waals surface area contributed by atoms with E-state index in [2.05, 4.69) is 10.2 Å². The molecule has 2 aromatic carbocycles. The maximum atomic E-state index is 12.3. The molecule has 0 aliphatic rings. The fourth-order valence-corrected chi connectivity index (χ4v) is 2.66. The predicted octanol–water partition coefficient (Wildman–Crippen LogP) is 2.50. The molecule has 2 rings (SSSR count). The van der Waals surface area contributed by atoms with E-state index in [-0.39, 0.29) is 18.1 Å². The van der Waals surface area contributed by atoms with Crippen molar-refractivity contribution in [2.45, 2.75) is 6.42 Å². The summed E-state index contributed by atoms with van der Waals surface area (Å²) in [5.41, 5.74) is 1.28. The molecule has 0 spiro atoms. The minimum atomic E-state index is -0.673. The number of anilines is 1. The van der Waals surface area contributed by atoms with Crippen molar-refractivity contribution in [3.63, 3.8) is 0 Å². The second kappa shape index (κ2) is 10.8. The predicted molar refractivity (Wildman–Crippen MR) is 107 cm³/mol. The Kier molecular flexibility index (Phi) is 8.14. The van der Waals surface area contributed by atoms with Gasteiger partial charge in [-0.25, -0.2) is 4.79 Å². The lowest BCUT2D eigenvalue weighted by Crippen LogP contribution is -2.31. The fraction of sp³-hybridized carbons (Fsp3) is 0.333.